The molecule has 0 aliphatic heterocycles. The van der Waals surface area contributed by atoms with Gasteiger partial charge >= 0.3 is 0 Å². The lowest BCUT2D eigenvalue weighted by Crippen LogP contribution is -1.96. The Bertz CT molecular complexity index is 640. The Morgan fingerprint density at radius 1 is 1.16 bits per heavy atom. The van der Waals surface area contributed by atoms with Crippen molar-refractivity contribution in [2.24, 2.45) is 0 Å². The molecule has 3 rings (SSSR count). The van der Waals surface area contributed by atoms with Gasteiger partial charge in [-0.25, -0.2) is 0 Å². The van der Waals surface area contributed by atoms with Crippen LogP contribution in [0.3, 0.4) is 0 Å². The summed E-state index contributed by atoms with van der Waals surface area (Å²) in [4.78, 5) is 0. The minimum Gasteiger partial charge on any atom is -0.460 e. The Hall–Kier alpha value is -1.33. The van der Waals surface area contributed by atoms with Crippen molar-refractivity contribution in [3.05, 3.63) is 57.8 Å². The van der Waals surface area contributed by atoms with E-state index in [9.17, 15) is 0 Å². The van der Waals surface area contributed by atoms with Crippen molar-refractivity contribution in [2.45, 2.75) is 32.6 Å². The lowest BCUT2D eigenvalue weighted by molar-refractivity contribution is 0.489. The molecule has 1 nitrogen and oxygen atoms in total. The average Bonchev–Trinajstić information content (AvgIpc) is 2.55. The van der Waals surface area contributed by atoms with E-state index in [2.05, 4.69) is 66.5 Å². The van der Waals surface area contributed by atoms with E-state index in [4.69, 9.17) is 4.42 Å². The molecule has 3 atom stereocenters. The lowest BCUT2D eigenvalue weighted by Gasteiger charge is -2.12. The van der Waals surface area contributed by atoms with E-state index in [-0.39, 0.29) is 0 Å². The van der Waals surface area contributed by atoms with E-state index in [1.54, 1.807) is 0 Å². The lowest BCUT2D eigenvalue weighted by atomic mass is 9.94. The number of furan rings is 1. The zero-order chi connectivity index (χ0) is 13.6. The largest absolute Gasteiger partial charge is 0.460 e. The molecular weight excluding hydrogens is 251 g/mol. The highest BCUT2D eigenvalue weighted by Crippen LogP contribution is 2.43. The molecule has 19 heavy (non-hydrogen) atoms. The Morgan fingerprint density at radius 2 is 1.95 bits per heavy atom. The van der Waals surface area contributed by atoms with E-state index >= 15 is 0 Å². The Morgan fingerprint density at radius 3 is 2.74 bits per heavy atom. The van der Waals surface area contributed by atoms with Crippen LogP contribution in [0.4, 0.5) is 0 Å². The normalized spacial score (nSPS) is 25.1. The van der Waals surface area contributed by atoms with Crippen LogP contribution in [0.1, 0.15) is 55.3 Å². The fourth-order valence-corrected chi connectivity index (χ4v) is 3.26. The Balaban J connectivity index is 2.27. The van der Waals surface area contributed by atoms with Crippen molar-refractivity contribution >= 4 is 21.4 Å². The zero-order valence-electron chi connectivity index (χ0n) is 11.6. The Kier molecular flexibility index (Phi) is 3.11. The van der Waals surface area contributed by atoms with Gasteiger partial charge in [-0.2, -0.15) is 0 Å². The Labute approximate surface area is 117 Å². The van der Waals surface area contributed by atoms with Crippen molar-refractivity contribution in [3.8, 4) is 0 Å². The van der Waals surface area contributed by atoms with Crippen molar-refractivity contribution in [2.75, 3.05) is 0 Å². The van der Waals surface area contributed by atoms with Gasteiger partial charge in [-0.15, -0.1) is 9.24 Å². The van der Waals surface area contributed by atoms with Crippen LogP contribution < -0.4 is 0 Å². The third-order valence-corrected chi connectivity index (χ3v) is 4.58. The number of hydrogen-bond donors (Lipinski definition) is 0. The highest BCUT2D eigenvalue weighted by atomic mass is 31.0. The first-order valence-corrected chi connectivity index (χ1v) is 7.32. The van der Waals surface area contributed by atoms with Crippen molar-refractivity contribution in [1.82, 2.24) is 0 Å². The molecule has 1 heterocycles. The van der Waals surface area contributed by atoms with Crippen LogP contribution in [-0.2, 0) is 0 Å². The molecule has 2 heteroatoms. The highest BCUT2D eigenvalue weighted by Gasteiger charge is 2.26. The van der Waals surface area contributed by atoms with E-state index < -0.39 is 0 Å². The molecule has 1 aromatic rings. The van der Waals surface area contributed by atoms with Crippen molar-refractivity contribution in [1.29, 1.82) is 0 Å². The predicted molar refractivity (Wildman–Crippen MR) is 85.2 cm³/mol. The number of rotatable bonds is 0. The fourth-order valence-electron chi connectivity index (χ4n) is 2.83. The predicted octanol–water partition coefficient (Wildman–Crippen LogP) is 5.25. The topological polar surface area (TPSA) is 13.1 Å². The van der Waals surface area contributed by atoms with Crippen LogP contribution in [-0.4, -0.2) is 0 Å². The minimum atomic E-state index is 0.328. The smallest absolute Gasteiger partial charge is 0.131 e. The molecule has 98 valence electrons. The monoisotopic (exact) mass is 270 g/mol. The van der Waals surface area contributed by atoms with Gasteiger partial charge in [0.15, 0.2) is 0 Å². The second kappa shape index (κ2) is 4.65. The zero-order valence-corrected chi connectivity index (χ0v) is 12.8. The molecule has 0 saturated heterocycles. The van der Waals surface area contributed by atoms with Crippen LogP contribution in [0.2, 0.25) is 0 Å². The maximum Gasteiger partial charge on any atom is 0.131 e. The molecule has 2 aliphatic rings. The number of allylic oxidation sites excluding steroid dienone is 6. The van der Waals surface area contributed by atoms with Gasteiger partial charge < -0.3 is 4.42 Å². The van der Waals surface area contributed by atoms with Gasteiger partial charge in [-0.3, -0.25) is 0 Å². The third kappa shape index (κ3) is 2.07. The average molecular weight is 270 g/mol. The van der Waals surface area contributed by atoms with Gasteiger partial charge in [0.25, 0.3) is 0 Å². The first kappa shape index (κ1) is 12.7. The summed E-state index contributed by atoms with van der Waals surface area (Å²) in [6.45, 7) is 6.55. The summed E-state index contributed by atoms with van der Waals surface area (Å²) >= 11 is 0. The van der Waals surface area contributed by atoms with Crippen molar-refractivity contribution < 1.29 is 4.42 Å². The molecule has 0 N–H and O–H groups in total. The SMILES string of the molecule is CC1=Cc2oc3c(c2C(C)C(P)=C1)C=CC=CC3C. The first-order chi connectivity index (χ1) is 9.08. The summed E-state index contributed by atoms with van der Waals surface area (Å²) in [7, 11) is 2.87. The summed E-state index contributed by atoms with van der Waals surface area (Å²) < 4.78 is 6.17. The molecule has 0 saturated carbocycles. The molecule has 1 aromatic heterocycles. The molecular formula is C17H19OP. The second-order valence-electron chi connectivity index (χ2n) is 5.44. The summed E-state index contributed by atoms with van der Waals surface area (Å²) in [5.41, 5.74) is 3.82. The maximum absolute atomic E-state index is 6.17. The van der Waals surface area contributed by atoms with Crippen LogP contribution in [0.15, 0.2) is 39.6 Å². The standard InChI is InChI=1S/C17H19OP/c1-10-8-14-16(12(3)15(19)9-10)13-7-5-4-6-11(2)17(13)18-14/h4-9,11-12H,19H2,1-3H3. The van der Waals surface area contributed by atoms with Crippen LogP contribution in [0.25, 0.3) is 12.2 Å². The molecule has 0 amide bonds. The van der Waals surface area contributed by atoms with Gasteiger partial charge in [0.1, 0.15) is 11.5 Å². The van der Waals surface area contributed by atoms with E-state index in [0.29, 0.717) is 11.8 Å². The van der Waals surface area contributed by atoms with Crippen molar-refractivity contribution in [3.63, 3.8) is 0 Å². The van der Waals surface area contributed by atoms with Crippen LogP contribution >= 0.6 is 9.24 Å². The van der Waals surface area contributed by atoms with E-state index in [0.717, 1.165) is 11.5 Å². The summed E-state index contributed by atoms with van der Waals surface area (Å²) in [6.07, 6.45) is 13.0. The summed E-state index contributed by atoms with van der Waals surface area (Å²) in [5.74, 6) is 2.81. The van der Waals surface area contributed by atoms with E-state index in [1.165, 1.54) is 22.0 Å². The maximum atomic E-state index is 6.17. The molecule has 0 radical (unpaired) electrons. The number of fused-ring (bicyclic) bond motifs is 3. The van der Waals surface area contributed by atoms with Crippen LogP contribution in [0, 0.1) is 0 Å². The van der Waals surface area contributed by atoms with Gasteiger partial charge in [0.2, 0.25) is 0 Å². The summed E-state index contributed by atoms with van der Waals surface area (Å²) in [5, 5.41) is 1.31. The molecule has 3 unspecified atom stereocenters. The summed E-state index contributed by atoms with van der Waals surface area (Å²) in [6, 6.07) is 0. The second-order valence-corrected chi connectivity index (χ2v) is 6.11. The van der Waals surface area contributed by atoms with Gasteiger partial charge in [-0.1, -0.05) is 44.2 Å². The highest BCUT2D eigenvalue weighted by molar-refractivity contribution is 7.22. The molecule has 0 fully saturated rings. The van der Waals surface area contributed by atoms with Gasteiger partial charge in [0, 0.05) is 23.0 Å². The minimum absolute atomic E-state index is 0.328. The first-order valence-electron chi connectivity index (χ1n) is 6.74. The molecule has 0 spiro atoms. The molecule has 2 aliphatic carbocycles. The number of hydrogen-bond acceptors (Lipinski definition) is 1. The van der Waals surface area contributed by atoms with Gasteiger partial charge in [-0.05, 0) is 23.9 Å². The van der Waals surface area contributed by atoms with Crippen LogP contribution in [0.5, 0.6) is 0 Å². The quantitative estimate of drug-likeness (QED) is 0.587. The third-order valence-electron chi connectivity index (χ3n) is 3.91. The molecule has 0 aromatic carbocycles. The molecule has 0 bridgehead atoms. The van der Waals surface area contributed by atoms with Gasteiger partial charge in [0.05, 0.1) is 0 Å². The van der Waals surface area contributed by atoms with E-state index in [1.807, 2.05) is 0 Å². The fraction of sp³-hybridized carbons (Fsp3) is 0.294.